The Morgan fingerprint density at radius 2 is 1.97 bits per heavy atom. The molecule has 3 unspecified atom stereocenters. The number of aromatic nitrogens is 1. The molecule has 0 spiro atoms. The van der Waals surface area contributed by atoms with Gasteiger partial charge in [-0.3, -0.25) is 14.4 Å². The van der Waals surface area contributed by atoms with Crippen LogP contribution in [0.3, 0.4) is 0 Å². The summed E-state index contributed by atoms with van der Waals surface area (Å²) in [6.07, 6.45) is 6.56. The van der Waals surface area contributed by atoms with Gasteiger partial charge < -0.3 is 10.6 Å². The monoisotopic (exact) mass is 544 g/mol. The Bertz CT molecular complexity index is 1370. The van der Waals surface area contributed by atoms with Gasteiger partial charge in [0.05, 0.1) is 21.1 Å². The molecule has 1 fully saturated rings. The average molecular weight is 545 g/mol. The van der Waals surface area contributed by atoms with Crippen molar-refractivity contribution in [2.24, 2.45) is 16.3 Å². The zero-order valence-electron chi connectivity index (χ0n) is 22.6. The number of nitrogens with zero attached hydrogens (tertiary/aromatic N) is 2. The van der Waals surface area contributed by atoms with Gasteiger partial charge in [0.1, 0.15) is 0 Å². The lowest BCUT2D eigenvalue weighted by Crippen LogP contribution is -2.40. The van der Waals surface area contributed by atoms with Gasteiger partial charge in [-0.15, -0.1) is 11.3 Å². The van der Waals surface area contributed by atoms with Crippen LogP contribution in [0, 0.1) is 11.3 Å². The molecule has 2 N–H and O–H groups in total. The molecule has 8 heteroatoms. The number of rotatable bonds is 13. The van der Waals surface area contributed by atoms with E-state index in [-0.39, 0.29) is 29.2 Å². The van der Waals surface area contributed by atoms with E-state index in [9.17, 15) is 14.4 Å². The quantitative estimate of drug-likeness (QED) is 0.238. The van der Waals surface area contributed by atoms with E-state index >= 15 is 0 Å². The van der Waals surface area contributed by atoms with Gasteiger partial charge in [0.25, 0.3) is 0 Å². The topological polar surface area (TPSA) is 101 Å². The number of amides is 3. The van der Waals surface area contributed by atoms with Gasteiger partial charge >= 0.3 is 0 Å². The third-order valence-corrected chi connectivity index (χ3v) is 8.24. The van der Waals surface area contributed by atoms with Crippen LogP contribution in [0.4, 0.5) is 0 Å². The minimum absolute atomic E-state index is 0.111. The highest BCUT2D eigenvalue weighted by Gasteiger charge is 2.55. The fourth-order valence-electron chi connectivity index (χ4n) is 4.80. The summed E-state index contributed by atoms with van der Waals surface area (Å²) in [5, 5.41) is 6.94. The fraction of sp³-hybridized carbons (Fsp3) is 0.387. The van der Waals surface area contributed by atoms with E-state index in [4.69, 9.17) is 4.98 Å². The van der Waals surface area contributed by atoms with Crippen LogP contribution in [0.15, 0.2) is 66.2 Å². The highest BCUT2D eigenvalue weighted by Crippen LogP contribution is 2.48. The van der Waals surface area contributed by atoms with Crippen LogP contribution in [0.25, 0.3) is 10.2 Å². The summed E-state index contributed by atoms with van der Waals surface area (Å²) in [7, 11) is 0. The van der Waals surface area contributed by atoms with Crippen LogP contribution in [0.5, 0.6) is 0 Å². The molecule has 0 saturated heterocycles. The van der Waals surface area contributed by atoms with Crippen LogP contribution in [0.1, 0.15) is 49.2 Å². The minimum Gasteiger partial charge on any atom is -0.352 e. The Hall–Kier alpha value is -3.65. The molecule has 204 valence electrons. The molecule has 3 aromatic rings. The van der Waals surface area contributed by atoms with Gasteiger partial charge in [-0.05, 0) is 55.0 Å². The molecule has 0 radical (unpaired) electrons. The number of benzene rings is 2. The first-order chi connectivity index (χ1) is 18.9. The number of hydrogen-bond donors (Lipinski definition) is 2. The molecule has 1 saturated carbocycles. The fourth-order valence-corrected chi connectivity index (χ4v) is 5.89. The molecule has 1 aliphatic carbocycles. The second-order valence-corrected chi connectivity index (χ2v) is 11.3. The number of nitrogens with one attached hydrogen (secondary N) is 2. The lowest BCUT2D eigenvalue weighted by molar-refractivity contribution is -0.123. The number of carbonyl (C=O) groups is 3. The molecule has 2 aromatic carbocycles. The lowest BCUT2D eigenvalue weighted by Gasteiger charge is -2.20. The SMILES string of the molecule is C=CC(=O)NCC1(Cc2ccccc2)CC1NC(=O)C(C=NC(=O)CCC)Cc1nc2ccc(CC)cc2s1. The lowest BCUT2D eigenvalue weighted by atomic mass is 9.95. The predicted octanol–water partition coefficient (Wildman–Crippen LogP) is 4.83. The smallest absolute Gasteiger partial charge is 0.245 e. The molecule has 3 amide bonds. The standard InChI is InChI=1S/C31H36N4O3S/c1-4-10-28(37)32-19-23(16-29-34-24-14-13-21(5-2)15-25(24)39-29)30(38)35-26-18-31(26,20-33-27(36)6-3)17-22-11-8-7-9-12-22/h6-9,11-15,19,23,26H,3-5,10,16-18,20H2,1-2H3,(H,33,36)(H,35,38). The minimum atomic E-state index is -0.630. The van der Waals surface area contributed by atoms with Crippen LogP contribution < -0.4 is 10.6 Å². The van der Waals surface area contributed by atoms with Gasteiger partial charge in [0, 0.05) is 37.1 Å². The van der Waals surface area contributed by atoms with E-state index in [1.165, 1.54) is 17.9 Å². The van der Waals surface area contributed by atoms with E-state index in [1.807, 2.05) is 31.2 Å². The van der Waals surface area contributed by atoms with Gasteiger partial charge in [0.15, 0.2) is 0 Å². The average Bonchev–Trinajstić information content (AvgIpc) is 3.43. The number of hydrogen-bond acceptors (Lipinski definition) is 5. The van der Waals surface area contributed by atoms with Crippen molar-refractivity contribution in [1.29, 1.82) is 0 Å². The number of aliphatic imine (C=N–C) groups is 1. The second kappa shape index (κ2) is 12.9. The zero-order valence-corrected chi connectivity index (χ0v) is 23.4. The maximum Gasteiger partial charge on any atom is 0.245 e. The van der Waals surface area contributed by atoms with Gasteiger partial charge in [-0.25, -0.2) is 9.98 Å². The first-order valence-electron chi connectivity index (χ1n) is 13.6. The Morgan fingerprint density at radius 1 is 1.18 bits per heavy atom. The summed E-state index contributed by atoms with van der Waals surface area (Å²) in [5.74, 6) is -1.29. The first-order valence-corrected chi connectivity index (χ1v) is 14.4. The molecule has 4 rings (SSSR count). The summed E-state index contributed by atoms with van der Waals surface area (Å²) in [5.41, 5.74) is 3.01. The van der Waals surface area contributed by atoms with Crippen LogP contribution in [0.2, 0.25) is 0 Å². The summed E-state index contributed by atoms with van der Waals surface area (Å²) in [6, 6.07) is 16.2. The Balaban J connectivity index is 1.52. The van der Waals surface area contributed by atoms with Crippen molar-refractivity contribution < 1.29 is 14.4 Å². The molecule has 1 aromatic heterocycles. The molecule has 39 heavy (non-hydrogen) atoms. The second-order valence-electron chi connectivity index (χ2n) is 10.2. The van der Waals surface area contributed by atoms with E-state index in [1.54, 1.807) is 11.3 Å². The molecule has 1 aliphatic rings. The van der Waals surface area contributed by atoms with E-state index in [2.05, 4.69) is 53.4 Å². The van der Waals surface area contributed by atoms with Crippen LogP contribution >= 0.6 is 11.3 Å². The van der Waals surface area contributed by atoms with Crippen LogP contribution in [-0.4, -0.2) is 41.5 Å². The molecule has 7 nitrogen and oxygen atoms in total. The number of carbonyl (C=O) groups excluding carboxylic acids is 3. The molecule has 1 heterocycles. The van der Waals surface area contributed by atoms with Crippen molar-refractivity contribution in [3.63, 3.8) is 0 Å². The highest BCUT2D eigenvalue weighted by molar-refractivity contribution is 7.18. The van der Waals surface area contributed by atoms with Crippen molar-refractivity contribution in [1.82, 2.24) is 15.6 Å². The van der Waals surface area contributed by atoms with Crippen molar-refractivity contribution in [2.75, 3.05) is 6.54 Å². The van der Waals surface area contributed by atoms with Crippen molar-refractivity contribution in [3.05, 3.63) is 77.3 Å². The third-order valence-electron chi connectivity index (χ3n) is 7.20. The van der Waals surface area contributed by atoms with Crippen molar-refractivity contribution >= 4 is 45.5 Å². The highest BCUT2D eigenvalue weighted by atomic mass is 32.1. The number of thiazole rings is 1. The Labute approximate surface area is 233 Å². The summed E-state index contributed by atoms with van der Waals surface area (Å²) < 4.78 is 1.09. The van der Waals surface area contributed by atoms with E-state index in [0.717, 1.165) is 40.1 Å². The van der Waals surface area contributed by atoms with E-state index < -0.39 is 5.92 Å². The van der Waals surface area contributed by atoms with Crippen molar-refractivity contribution in [3.8, 4) is 0 Å². The van der Waals surface area contributed by atoms with Crippen molar-refractivity contribution in [2.45, 2.75) is 58.4 Å². The molecule has 0 aliphatic heterocycles. The Kier molecular flexibility index (Phi) is 9.41. The molecular formula is C31H36N4O3S. The number of aryl methyl sites for hydroxylation is 1. The van der Waals surface area contributed by atoms with Gasteiger partial charge in [0.2, 0.25) is 17.7 Å². The maximum atomic E-state index is 13.6. The Morgan fingerprint density at radius 3 is 2.69 bits per heavy atom. The van der Waals surface area contributed by atoms with E-state index in [0.29, 0.717) is 25.8 Å². The molecular weight excluding hydrogens is 508 g/mol. The maximum absolute atomic E-state index is 13.6. The summed E-state index contributed by atoms with van der Waals surface area (Å²) >= 11 is 1.57. The predicted molar refractivity (Wildman–Crippen MR) is 157 cm³/mol. The van der Waals surface area contributed by atoms with Gasteiger partial charge in [-0.1, -0.05) is 56.8 Å². The summed E-state index contributed by atoms with van der Waals surface area (Å²) in [6.45, 7) is 8.02. The first kappa shape index (κ1) is 28.4. The molecule has 0 bridgehead atoms. The normalized spacial score (nSPS) is 19.1. The number of fused-ring (bicyclic) bond motifs is 1. The third kappa shape index (κ3) is 7.47. The van der Waals surface area contributed by atoms with Gasteiger partial charge in [-0.2, -0.15) is 0 Å². The largest absolute Gasteiger partial charge is 0.352 e. The molecule has 3 atom stereocenters. The summed E-state index contributed by atoms with van der Waals surface area (Å²) in [4.78, 5) is 46.5. The van der Waals surface area contributed by atoms with Crippen LogP contribution in [-0.2, 0) is 33.6 Å². The zero-order chi connectivity index (χ0) is 27.8.